The fourth-order valence-corrected chi connectivity index (χ4v) is 3.41. The minimum atomic E-state index is -4.31. The average Bonchev–Trinajstić information content (AvgIpc) is 3.31. The van der Waals surface area contributed by atoms with Gasteiger partial charge < -0.3 is 20.3 Å². The smallest absolute Gasteiger partial charge is 0.367 e. The first-order valence-electron chi connectivity index (χ1n) is 10.9. The van der Waals surface area contributed by atoms with E-state index in [0.717, 1.165) is 36.6 Å². The second-order valence-corrected chi connectivity index (χ2v) is 7.69. The molecule has 2 heterocycles. The monoisotopic (exact) mass is 449 g/mol. The molecule has 1 aliphatic heterocycles. The van der Waals surface area contributed by atoms with Crippen LogP contribution in [0.5, 0.6) is 0 Å². The minimum absolute atomic E-state index is 0.0668. The van der Waals surface area contributed by atoms with Crippen molar-refractivity contribution in [1.82, 2.24) is 15.6 Å². The maximum Gasteiger partial charge on any atom is 0.411 e. The van der Waals surface area contributed by atoms with Gasteiger partial charge in [0, 0.05) is 32.4 Å². The van der Waals surface area contributed by atoms with Crippen molar-refractivity contribution in [2.45, 2.75) is 45.6 Å². The Balaban J connectivity index is 1.51. The standard InChI is InChI=1S/C23H30F3N5O/c1-2-27-22(30-15-20-9-10-28-21(13-20)31-11-3-4-12-31)29-14-18-5-7-19(8-6-18)16-32-17-23(24,25)26/h5-10,13H,2-4,11-12,14-17H2,1H3,(H2,27,29,30). The molecule has 3 rings (SSSR count). The topological polar surface area (TPSA) is 61.8 Å². The molecule has 0 amide bonds. The number of ether oxygens (including phenoxy) is 1. The van der Waals surface area contributed by atoms with E-state index < -0.39 is 12.8 Å². The molecule has 9 heteroatoms. The molecule has 0 radical (unpaired) electrons. The summed E-state index contributed by atoms with van der Waals surface area (Å²) in [4.78, 5) is 11.4. The van der Waals surface area contributed by atoms with Crippen LogP contribution in [-0.2, 0) is 24.4 Å². The van der Waals surface area contributed by atoms with E-state index >= 15 is 0 Å². The largest absolute Gasteiger partial charge is 0.411 e. The highest BCUT2D eigenvalue weighted by Gasteiger charge is 2.27. The molecule has 0 aliphatic carbocycles. The van der Waals surface area contributed by atoms with Crippen LogP contribution in [0, 0.1) is 0 Å². The molecule has 1 saturated heterocycles. The molecule has 1 aromatic carbocycles. The van der Waals surface area contributed by atoms with Gasteiger partial charge in [-0.2, -0.15) is 13.2 Å². The van der Waals surface area contributed by atoms with E-state index in [2.05, 4.69) is 31.6 Å². The van der Waals surface area contributed by atoms with E-state index in [-0.39, 0.29) is 6.61 Å². The second kappa shape index (κ2) is 11.7. The molecule has 1 aromatic heterocycles. The van der Waals surface area contributed by atoms with Gasteiger partial charge in [0.05, 0.1) is 13.2 Å². The Morgan fingerprint density at radius 3 is 2.47 bits per heavy atom. The zero-order chi connectivity index (χ0) is 22.8. The van der Waals surface area contributed by atoms with Gasteiger partial charge in [-0.3, -0.25) is 0 Å². The maximum atomic E-state index is 12.2. The number of anilines is 1. The number of alkyl halides is 3. The molecular formula is C23H30F3N5O. The van der Waals surface area contributed by atoms with E-state index in [1.54, 1.807) is 12.1 Å². The van der Waals surface area contributed by atoms with Crippen molar-refractivity contribution in [2.75, 3.05) is 31.1 Å². The SMILES string of the molecule is CCNC(=NCc1ccnc(N2CCCC2)c1)NCc1ccc(COCC(F)(F)F)cc1. The molecule has 1 fully saturated rings. The van der Waals surface area contributed by atoms with Crippen molar-refractivity contribution >= 4 is 11.8 Å². The third-order valence-corrected chi connectivity index (χ3v) is 5.02. The molecule has 6 nitrogen and oxygen atoms in total. The first-order chi connectivity index (χ1) is 15.4. The number of hydrogen-bond acceptors (Lipinski definition) is 4. The van der Waals surface area contributed by atoms with Gasteiger partial charge in [-0.05, 0) is 48.6 Å². The van der Waals surface area contributed by atoms with Gasteiger partial charge in [0.15, 0.2) is 5.96 Å². The van der Waals surface area contributed by atoms with Crippen molar-refractivity contribution in [3.8, 4) is 0 Å². The number of rotatable bonds is 9. The fraction of sp³-hybridized carbons (Fsp3) is 0.478. The van der Waals surface area contributed by atoms with Crippen molar-refractivity contribution in [2.24, 2.45) is 4.99 Å². The van der Waals surface area contributed by atoms with Crippen LogP contribution in [-0.4, -0.2) is 43.4 Å². The Labute approximate surface area is 186 Å². The van der Waals surface area contributed by atoms with Crippen molar-refractivity contribution in [3.05, 3.63) is 59.3 Å². The fourth-order valence-electron chi connectivity index (χ4n) is 3.41. The summed E-state index contributed by atoms with van der Waals surface area (Å²) in [5.74, 6) is 1.71. The highest BCUT2D eigenvalue weighted by atomic mass is 19.4. The van der Waals surface area contributed by atoms with Crippen LogP contribution in [0.3, 0.4) is 0 Å². The molecule has 2 N–H and O–H groups in total. The highest BCUT2D eigenvalue weighted by Crippen LogP contribution is 2.19. The molecule has 0 spiro atoms. The summed E-state index contributed by atoms with van der Waals surface area (Å²) in [6, 6.07) is 11.4. The van der Waals surface area contributed by atoms with Gasteiger partial charge >= 0.3 is 6.18 Å². The predicted octanol–water partition coefficient (Wildman–Crippen LogP) is 4.02. The summed E-state index contributed by atoms with van der Waals surface area (Å²) >= 11 is 0. The Kier molecular flexibility index (Phi) is 8.72. The summed E-state index contributed by atoms with van der Waals surface area (Å²) in [7, 11) is 0. The lowest BCUT2D eigenvalue weighted by molar-refractivity contribution is -0.176. The van der Waals surface area contributed by atoms with Crippen LogP contribution in [0.1, 0.15) is 36.5 Å². The van der Waals surface area contributed by atoms with E-state index in [9.17, 15) is 13.2 Å². The van der Waals surface area contributed by atoms with Crippen LogP contribution >= 0.6 is 0 Å². The van der Waals surface area contributed by atoms with Gasteiger partial charge in [0.25, 0.3) is 0 Å². The molecule has 32 heavy (non-hydrogen) atoms. The lowest BCUT2D eigenvalue weighted by Crippen LogP contribution is -2.36. The number of aliphatic imine (C=N–C) groups is 1. The van der Waals surface area contributed by atoms with Gasteiger partial charge in [-0.1, -0.05) is 24.3 Å². The minimum Gasteiger partial charge on any atom is -0.367 e. The summed E-state index contributed by atoms with van der Waals surface area (Å²) in [6.07, 6.45) is -0.0586. The van der Waals surface area contributed by atoms with Crippen LogP contribution in [0.4, 0.5) is 19.0 Å². The van der Waals surface area contributed by atoms with Gasteiger partial charge in [0.2, 0.25) is 0 Å². The van der Waals surface area contributed by atoms with E-state index in [1.165, 1.54) is 12.8 Å². The third kappa shape index (κ3) is 8.03. The Bertz CT molecular complexity index is 865. The molecule has 2 aromatic rings. The quantitative estimate of drug-likeness (QED) is 0.447. The molecule has 0 atom stereocenters. The Hall–Kier alpha value is -2.81. The normalized spacial score (nSPS) is 14.6. The van der Waals surface area contributed by atoms with E-state index in [1.807, 2.05) is 31.3 Å². The van der Waals surface area contributed by atoms with Crippen molar-refractivity contribution < 1.29 is 17.9 Å². The lowest BCUT2D eigenvalue weighted by Gasteiger charge is -2.16. The number of guanidine groups is 1. The van der Waals surface area contributed by atoms with Gasteiger partial charge in [0.1, 0.15) is 12.4 Å². The number of benzene rings is 1. The van der Waals surface area contributed by atoms with Gasteiger partial charge in [-0.25, -0.2) is 9.98 Å². The lowest BCUT2D eigenvalue weighted by atomic mass is 10.1. The van der Waals surface area contributed by atoms with Crippen LogP contribution < -0.4 is 15.5 Å². The number of nitrogens with one attached hydrogen (secondary N) is 2. The second-order valence-electron chi connectivity index (χ2n) is 7.69. The summed E-state index contributed by atoms with van der Waals surface area (Å²) in [5, 5.41) is 6.52. The Morgan fingerprint density at radius 1 is 1.06 bits per heavy atom. The highest BCUT2D eigenvalue weighted by molar-refractivity contribution is 5.79. The van der Waals surface area contributed by atoms with E-state index in [4.69, 9.17) is 4.74 Å². The molecule has 0 bridgehead atoms. The summed E-state index contributed by atoms with van der Waals surface area (Å²) in [6.45, 7) is 4.62. The molecule has 174 valence electrons. The number of aromatic nitrogens is 1. The average molecular weight is 450 g/mol. The van der Waals surface area contributed by atoms with Crippen LogP contribution in [0.2, 0.25) is 0 Å². The first-order valence-corrected chi connectivity index (χ1v) is 10.9. The number of hydrogen-bond donors (Lipinski definition) is 2. The van der Waals surface area contributed by atoms with Crippen molar-refractivity contribution in [3.63, 3.8) is 0 Å². The Morgan fingerprint density at radius 2 is 1.78 bits per heavy atom. The van der Waals surface area contributed by atoms with Crippen LogP contribution in [0.25, 0.3) is 0 Å². The molecule has 0 unspecified atom stereocenters. The van der Waals surface area contributed by atoms with Crippen molar-refractivity contribution in [1.29, 1.82) is 0 Å². The number of halogens is 3. The molecule has 1 aliphatic rings. The number of pyridine rings is 1. The summed E-state index contributed by atoms with van der Waals surface area (Å²) in [5.41, 5.74) is 2.79. The first kappa shape index (κ1) is 23.8. The van der Waals surface area contributed by atoms with E-state index in [0.29, 0.717) is 24.6 Å². The van der Waals surface area contributed by atoms with Crippen LogP contribution in [0.15, 0.2) is 47.6 Å². The van der Waals surface area contributed by atoms with Gasteiger partial charge in [-0.15, -0.1) is 0 Å². The summed E-state index contributed by atoms with van der Waals surface area (Å²) < 4.78 is 41.2. The zero-order valence-corrected chi connectivity index (χ0v) is 18.3. The maximum absolute atomic E-state index is 12.2. The molecule has 0 saturated carbocycles. The molecular weight excluding hydrogens is 419 g/mol. The third-order valence-electron chi connectivity index (χ3n) is 5.02. The predicted molar refractivity (Wildman–Crippen MR) is 119 cm³/mol. The zero-order valence-electron chi connectivity index (χ0n) is 18.3. The number of nitrogens with zero attached hydrogens (tertiary/aromatic N) is 3.